The van der Waals surface area contributed by atoms with Gasteiger partial charge < -0.3 is 5.32 Å². The average Bonchev–Trinajstić information content (AvgIpc) is 2.85. The first-order valence-electron chi connectivity index (χ1n) is 7.25. The van der Waals surface area contributed by atoms with Crippen LogP contribution in [-0.4, -0.2) is 30.7 Å². The van der Waals surface area contributed by atoms with Crippen LogP contribution in [0, 0.1) is 6.92 Å². The fourth-order valence-electron chi connectivity index (χ4n) is 1.96. The standard InChI is InChI=1S/C15H20N4O3S/c1-4-9-17-23(21,22)13-7-5-12(6-8-13)18-15(20)14-10-16-19(3)11(14)2/h5-8,10,17H,4,9H2,1-3H3,(H,18,20). The predicted molar refractivity (Wildman–Crippen MR) is 87.8 cm³/mol. The summed E-state index contributed by atoms with van der Waals surface area (Å²) in [6.45, 7) is 4.08. The summed E-state index contributed by atoms with van der Waals surface area (Å²) in [4.78, 5) is 12.3. The Hall–Kier alpha value is -2.19. The molecule has 1 heterocycles. The van der Waals surface area contributed by atoms with E-state index in [0.29, 0.717) is 17.8 Å². The molecule has 0 saturated carbocycles. The molecule has 23 heavy (non-hydrogen) atoms. The van der Waals surface area contributed by atoms with Crippen LogP contribution < -0.4 is 10.0 Å². The van der Waals surface area contributed by atoms with Crippen LogP contribution in [0.3, 0.4) is 0 Å². The van der Waals surface area contributed by atoms with Gasteiger partial charge in [0.2, 0.25) is 10.0 Å². The van der Waals surface area contributed by atoms with Crippen LogP contribution in [0.15, 0.2) is 35.4 Å². The van der Waals surface area contributed by atoms with Crippen molar-refractivity contribution in [3.63, 3.8) is 0 Å². The van der Waals surface area contributed by atoms with Gasteiger partial charge in [0.25, 0.3) is 5.91 Å². The Morgan fingerprint density at radius 1 is 1.26 bits per heavy atom. The number of hydrogen-bond acceptors (Lipinski definition) is 4. The Kier molecular flexibility index (Phi) is 5.17. The number of nitrogens with one attached hydrogen (secondary N) is 2. The molecule has 1 aromatic heterocycles. The summed E-state index contributed by atoms with van der Waals surface area (Å²) in [5.41, 5.74) is 1.76. The van der Waals surface area contributed by atoms with E-state index in [4.69, 9.17) is 0 Å². The summed E-state index contributed by atoms with van der Waals surface area (Å²) in [6, 6.07) is 6.04. The smallest absolute Gasteiger partial charge is 0.259 e. The van der Waals surface area contributed by atoms with Gasteiger partial charge in [0.15, 0.2) is 0 Å². The Balaban J connectivity index is 2.11. The monoisotopic (exact) mass is 336 g/mol. The molecule has 1 amide bonds. The van der Waals surface area contributed by atoms with Crippen LogP contribution in [0.4, 0.5) is 5.69 Å². The molecule has 0 saturated heterocycles. The zero-order valence-corrected chi connectivity index (χ0v) is 14.1. The lowest BCUT2D eigenvalue weighted by Gasteiger charge is -2.08. The lowest BCUT2D eigenvalue weighted by atomic mass is 10.2. The van der Waals surface area contributed by atoms with Gasteiger partial charge in [-0.25, -0.2) is 13.1 Å². The van der Waals surface area contributed by atoms with Gasteiger partial charge in [0.1, 0.15) is 0 Å². The molecule has 1 aromatic carbocycles. The van der Waals surface area contributed by atoms with Crippen LogP contribution in [0.5, 0.6) is 0 Å². The van der Waals surface area contributed by atoms with Gasteiger partial charge in [-0.15, -0.1) is 0 Å². The molecule has 8 heteroatoms. The number of aromatic nitrogens is 2. The number of hydrogen-bond donors (Lipinski definition) is 2. The van der Waals surface area contributed by atoms with Crippen molar-refractivity contribution in [2.24, 2.45) is 7.05 Å². The molecule has 0 aliphatic rings. The Morgan fingerprint density at radius 2 is 1.91 bits per heavy atom. The molecule has 2 N–H and O–H groups in total. The van der Waals surface area contributed by atoms with Crippen molar-refractivity contribution in [3.8, 4) is 0 Å². The second-order valence-electron chi connectivity index (χ2n) is 5.14. The molecule has 0 fully saturated rings. The van der Waals surface area contributed by atoms with Crippen molar-refractivity contribution in [1.82, 2.24) is 14.5 Å². The molecule has 0 atom stereocenters. The molecule has 2 rings (SSSR count). The molecule has 0 radical (unpaired) electrons. The number of aryl methyl sites for hydroxylation is 1. The topological polar surface area (TPSA) is 93.1 Å². The second-order valence-corrected chi connectivity index (χ2v) is 6.91. The molecule has 0 spiro atoms. The molecule has 0 bridgehead atoms. The molecule has 0 aliphatic heterocycles. The van der Waals surface area contributed by atoms with Crippen LogP contribution in [0.25, 0.3) is 0 Å². The fraction of sp³-hybridized carbons (Fsp3) is 0.333. The van der Waals surface area contributed by atoms with Crippen molar-refractivity contribution in [1.29, 1.82) is 0 Å². The minimum Gasteiger partial charge on any atom is -0.322 e. The van der Waals surface area contributed by atoms with E-state index in [1.165, 1.54) is 18.3 Å². The molecule has 124 valence electrons. The third-order valence-corrected chi connectivity index (χ3v) is 4.92. The van der Waals surface area contributed by atoms with Gasteiger partial charge in [0.05, 0.1) is 16.7 Å². The first-order chi connectivity index (χ1) is 10.8. The number of carbonyl (C=O) groups is 1. The summed E-state index contributed by atoms with van der Waals surface area (Å²) in [6.07, 6.45) is 2.22. The second kappa shape index (κ2) is 6.93. The van der Waals surface area contributed by atoms with Crippen molar-refractivity contribution >= 4 is 21.6 Å². The maximum Gasteiger partial charge on any atom is 0.259 e. The van der Waals surface area contributed by atoms with E-state index >= 15 is 0 Å². The maximum absolute atomic E-state index is 12.2. The highest BCUT2D eigenvalue weighted by molar-refractivity contribution is 7.89. The number of carbonyl (C=O) groups excluding carboxylic acids is 1. The van der Waals surface area contributed by atoms with Gasteiger partial charge in [-0.3, -0.25) is 9.48 Å². The quantitative estimate of drug-likeness (QED) is 0.839. The lowest BCUT2D eigenvalue weighted by molar-refractivity contribution is 0.102. The fourth-order valence-corrected chi connectivity index (χ4v) is 3.09. The first kappa shape index (κ1) is 17.2. The van der Waals surface area contributed by atoms with Crippen LogP contribution >= 0.6 is 0 Å². The number of amides is 1. The van der Waals surface area contributed by atoms with Gasteiger partial charge in [-0.05, 0) is 37.6 Å². The third-order valence-electron chi connectivity index (χ3n) is 3.44. The van der Waals surface area contributed by atoms with Crippen molar-refractivity contribution in [3.05, 3.63) is 41.7 Å². The van der Waals surface area contributed by atoms with E-state index in [1.807, 2.05) is 6.92 Å². The summed E-state index contributed by atoms with van der Waals surface area (Å²) < 4.78 is 28.1. The molecule has 0 unspecified atom stereocenters. The van der Waals surface area contributed by atoms with E-state index in [1.54, 1.807) is 30.8 Å². The summed E-state index contributed by atoms with van der Waals surface area (Å²) >= 11 is 0. The molecule has 0 aliphatic carbocycles. The number of benzene rings is 1. The number of nitrogens with zero attached hydrogens (tertiary/aromatic N) is 2. The summed E-state index contributed by atoms with van der Waals surface area (Å²) in [5, 5.41) is 6.75. The van der Waals surface area contributed by atoms with Crippen LogP contribution in [-0.2, 0) is 17.1 Å². The molecule has 2 aromatic rings. The highest BCUT2D eigenvalue weighted by atomic mass is 32.2. The molecule has 7 nitrogen and oxygen atoms in total. The minimum atomic E-state index is -3.50. The van der Waals surface area contributed by atoms with E-state index in [2.05, 4.69) is 15.1 Å². The predicted octanol–water partition coefficient (Wildman–Crippen LogP) is 1.67. The van der Waals surface area contributed by atoms with Crippen molar-refractivity contribution in [2.75, 3.05) is 11.9 Å². The SMILES string of the molecule is CCCNS(=O)(=O)c1ccc(NC(=O)c2cnn(C)c2C)cc1. The van der Waals surface area contributed by atoms with E-state index in [0.717, 1.165) is 12.1 Å². The van der Waals surface area contributed by atoms with Gasteiger partial charge in [0, 0.05) is 25.0 Å². The van der Waals surface area contributed by atoms with Crippen molar-refractivity contribution in [2.45, 2.75) is 25.2 Å². The molecular formula is C15H20N4O3S. The highest BCUT2D eigenvalue weighted by Gasteiger charge is 2.15. The van der Waals surface area contributed by atoms with E-state index in [9.17, 15) is 13.2 Å². The Labute approximate surface area is 135 Å². The first-order valence-corrected chi connectivity index (χ1v) is 8.73. The molecular weight excluding hydrogens is 316 g/mol. The average molecular weight is 336 g/mol. The maximum atomic E-state index is 12.2. The minimum absolute atomic E-state index is 0.168. The van der Waals surface area contributed by atoms with E-state index in [-0.39, 0.29) is 10.8 Å². The number of anilines is 1. The summed E-state index contributed by atoms with van der Waals surface area (Å²) in [5.74, 6) is -0.282. The van der Waals surface area contributed by atoms with Crippen LogP contribution in [0.1, 0.15) is 29.4 Å². The zero-order chi connectivity index (χ0) is 17.0. The number of rotatable bonds is 6. The van der Waals surface area contributed by atoms with Gasteiger partial charge >= 0.3 is 0 Å². The Bertz CT molecular complexity index is 795. The third kappa shape index (κ3) is 3.96. The normalized spacial score (nSPS) is 11.4. The zero-order valence-electron chi connectivity index (χ0n) is 13.3. The largest absolute Gasteiger partial charge is 0.322 e. The lowest BCUT2D eigenvalue weighted by Crippen LogP contribution is -2.24. The van der Waals surface area contributed by atoms with Gasteiger partial charge in [-0.1, -0.05) is 6.92 Å². The van der Waals surface area contributed by atoms with Gasteiger partial charge in [-0.2, -0.15) is 5.10 Å². The van der Waals surface area contributed by atoms with E-state index < -0.39 is 10.0 Å². The van der Waals surface area contributed by atoms with Crippen LogP contribution in [0.2, 0.25) is 0 Å². The summed E-state index contributed by atoms with van der Waals surface area (Å²) in [7, 11) is -1.74. The number of sulfonamides is 1. The Morgan fingerprint density at radius 3 is 2.43 bits per heavy atom. The highest BCUT2D eigenvalue weighted by Crippen LogP contribution is 2.16. The van der Waals surface area contributed by atoms with Crippen molar-refractivity contribution < 1.29 is 13.2 Å².